The maximum absolute atomic E-state index is 11.9. The minimum atomic E-state index is -0.0179. The molecular weight excluding hydrogens is 314 g/mol. The fraction of sp³-hybridized carbons (Fsp3) is 0.500. The van der Waals surface area contributed by atoms with Gasteiger partial charge in [0.2, 0.25) is 0 Å². The van der Waals surface area contributed by atoms with E-state index in [1.54, 1.807) is 12.1 Å². The molecule has 0 saturated heterocycles. The summed E-state index contributed by atoms with van der Waals surface area (Å²) in [4.78, 5) is 11.9. The van der Waals surface area contributed by atoms with Crippen LogP contribution in [0.25, 0.3) is 0 Å². The van der Waals surface area contributed by atoms with Gasteiger partial charge in [0.15, 0.2) is 0 Å². The largest absolute Gasteiger partial charge is 0.352 e. The average molecular weight is 333 g/mol. The maximum atomic E-state index is 11.9. The van der Waals surface area contributed by atoms with Gasteiger partial charge in [-0.2, -0.15) is 0 Å². The van der Waals surface area contributed by atoms with Crippen LogP contribution in [0.15, 0.2) is 18.2 Å². The first-order valence-corrected chi connectivity index (χ1v) is 7.65. The Hall–Kier alpha value is -0.540. The second kappa shape index (κ2) is 7.80. The van der Waals surface area contributed by atoms with Gasteiger partial charge in [-0.05, 0) is 49.4 Å². The Morgan fingerprint density at radius 2 is 2.22 bits per heavy atom. The standard InChI is InChI=1S/C14H19BrClNO/c1-10(9-15)4-3-7-17-14(18)13-6-5-12(16)8-11(13)2/h5-6,8,10H,3-4,7,9H2,1-2H3,(H,17,18). The molecule has 1 aromatic rings. The lowest BCUT2D eigenvalue weighted by atomic mass is 10.1. The van der Waals surface area contributed by atoms with E-state index in [4.69, 9.17) is 11.6 Å². The molecule has 4 heteroatoms. The van der Waals surface area contributed by atoms with Crippen molar-refractivity contribution in [3.8, 4) is 0 Å². The van der Waals surface area contributed by atoms with E-state index in [-0.39, 0.29) is 5.91 Å². The second-order valence-corrected chi connectivity index (χ2v) is 5.70. The van der Waals surface area contributed by atoms with E-state index in [9.17, 15) is 4.79 Å². The Labute approximate surface area is 122 Å². The summed E-state index contributed by atoms with van der Waals surface area (Å²) < 4.78 is 0. The third-order valence-electron chi connectivity index (χ3n) is 2.86. The smallest absolute Gasteiger partial charge is 0.251 e. The predicted octanol–water partition coefficient (Wildman–Crippen LogP) is 4.19. The summed E-state index contributed by atoms with van der Waals surface area (Å²) in [5.41, 5.74) is 1.61. The molecule has 0 aliphatic heterocycles. The van der Waals surface area contributed by atoms with Crippen molar-refractivity contribution in [1.29, 1.82) is 0 Å². The minimum Gasteiger partial charge on any atom is -0.352 e. The van der Waals surface area contributed by atoms with E-state index >= 15 is 0 Å². The van der Waals surface area contributed by atoms with Crippen LogP contribution < -0.4 is 5.32 Å². The molecule has 1 amide bonds. The monoisotopic (exact) mass is 331 g/mol. The number of hydrogen-bond donors (Lipinski definition) is 1. The Balaban J connectivity index is 2.41. The van der Waals surface area contributed by atoms with Crippen molar-refractivity contribution in [2.45, 2.75) is 26.7 Å². The molecule has 0 radical (unpaired) electrons. The van der Waals surface area contributed by atoms with Crippen molar-refractivity contribution < 1.29 is 4.79 Å². The molecule has 100 valence electrons. The molecule has 0 aliphatic carbocycles. The van der Waals surface area contributed by atoms with Crippen LogP contribution in [0.5, 0.6) is 0 Å². The van der Waals surface area contributed by atoms with Gasteiger partial charge >= 0.3 is 0 Å². The van der Waals surface area contributed by atoms with Crippen molar-refractivity contribution >= 4 is 33.4 Å². The van der Waals surface area contributed by atoms with E-state index in [1.807, 2.05) is 13.0 Å². The van der Waals surface area contributed by atoms with Gasteiger partial charge in [0.1, 0.15) is 0 Å². The molecule has 0 saturated carbocycles. The number of rotatable bonds is 6. The molecule has 0 fully saturated rings. The van der Waals surface area contributed by atoms with Gasteiger partial charge in [0.25, 0.3) is 5.91 Å². The Morgan fingerprint density at radius 1 is 1.50 bits per heavy atom. The zero-order valence-corrected chi connectivity index (χ0v) is 13.1. The lowest BCUT2D eigenvalue weighted by molar-refractivity contribution is 0.0952. The Kier molecular flexibility index (Phi) is 6.72. The topological polar surface area (TPSA) is 29.1 Å². The first-order chi connectivity index (χ1) is 8.54. The van der Waals surface area contributed by atoms with Gasteiger partial charge in [-0.1, -0.05) is 34.5 Å². The highest BCUT2D eigenvalue weighted by Crippen LogP contribution is 2.15. The molecule has 18 heavy (non-hydrogen) atoms. The molecule has 0 aliphatic rings. The van der Waals surface area contributed by atoms with Gasteiger partial charge in [-0.15, -0.1) is 0 Å². The van der Waals surface area contributed by atoms with Gasteiger partial charge in [-0.25, -0.2) is 0 Å². The van der Waals surface area contributed by atoms with E-state index in [1.165, 1.54) is 0 Å². The molecule has 2 nitrogen and oxygen atoms in total. The lowest BCUT2D eigenvalue weighted by Gasteiger charge is -2.10. The maximum Gasteiger partial charge on any atom is 0.251 e. The Morgan fingerprint density at radius 3 is 2.83 bits per heavy atom. The summed E-state index contributed by atoms with van der Waals surface area (Å²) in [6, 6.07) is 5.33. The van der Waals surface area contributed by atoms with Crippen molar-refractivity contribution in [1.82, 2.24) is 5.32 Å². The molecule has 1 rings (SSSR count). The summed E-state index contributed by atoms with van der Waals surface area (Å²) in [6.45, 7) is 4.81. The number of hydrogen-bond acceptors (Lipinski definition) is 1. The van der Waals surface area contributed by atoms with Crippen molar-refractivity contribution in [2.24, 2.45) is 5.92 Å². The van der Waals surface area contributed by atoms with E-state index in [2.05, 4.69) is 28.2 Å². The second-order valence-electron chi connectivity index (χ2n) is 4.62. The van der Waals surface area contributed by atoms with Crippen LogP contribution in [0.1, 0.15) is 35.7 Å². The van der Waals surface area contributed by atoms with Gasteiger partial charge < -0.3 is 5.32 Å². The quantitative estimate of drug-likeness (QED) is 0.614. The zero-order valence-electron chi connectivity index (χ0n) is 10.8. The number of halogens is 2. The number of carbonyl (C=O) groups excluding carboxylic acids is 1. The highest BCUT2D eigenvalue weighted by Gasteiger charge is 2.08. The van der Waals surface area contributed by atoms with Crippen LogP contribution in [0.2, 0.25) is 5.02 Å². The van der Waals surface area contributed by atoms with E-state index in [0.717, 1.165) is 30.3 Å². The molecule has 1 unspecified atom stereocenters. The number of alkyl halides is 1. The van der Waals surface area contributed by atoms with Crippen LogP contribution >= 0.6 is 27.5 Å². The molecule has 1 atom stereocenters. The van der Waals surface area contributed by atoms with Gasteiger partial charge in [0.05, 0.1) is 0 Å². The van der Waals surface area contributed by atoms with Crippen LogP contribution in [0.3, 0.4) is 0 Å². The van der Waals surface area contributed by atoms with Crippen LogP contribution in [0, 0.1) is 12.8 Å². The SMILES string of the molecule is Cc1cc(Cl)ccc1C(=O)NCCCC(C)CBr. The first-order valence-electron chi connectivity index (χ1n) is 6.15. The molecule has 0 spiro atoms. The first kappa shape index (κ1) is 15.5. The van der Waals surface area contributed by atoms with Crippen molar-refractivity contribution in [2.75, 3.05) is 11.9 Å². The summed E-state index contributed by atoms with van der Waals surface area (Å²) in [5, 5.41) is 4.61. The van der Waals surface area contributed by atoms with Crippen LogP contribution in [-0.2, 0) is 0 Å². The van der Waals surface area contributed by atoms with Crippen molar-refractivity contribution in [3.05, 3.63) is 34.3 Å². The highest BCUT2D eigenvalue weighted by molar-refractivity contribution is 9.09. The molecule has 1 N–H and O–H groups in total. The summed E-state index contributed by atoms with van der Waals surface area (Å²) >= 11 is 9.31. The van der Waals surface area contributed by atoms with Gasteiger partial charge in [0, 0.05) is 22.5 Å². The number of amides is 1. The lowest BCUT2D eigenvalue weighted by Crippen LogP contribution is -2.25. The third-order valence-corrected chi connectivity index (χ3v) is 4.20. The van der Waals surface area contributed by atoms with Crippen LogP contribution in [-0.4, -0.2) is 17.8 Å². The Bertz CT molecular complexity index is 409. The molecule has 1 aromatic carbocycles. The summed E-state index contributed by atoms with van der Waals surface area (Å²) in [5.74, 6) is 0.634. The summed E-state index contributed by atoms with van der Waals surface area (Å²) in [6.07, 6.45) is 2.12. The van der Waals surface area contributed by atoms with Crippen LogP contribution in [0.4, 0.5) is 0 Å². The molecular formula is C14H19BrClNO. The molecule has 0 heterocycles. The van der Waals surface area contributed by atoms with E-state index < -0.39 is 0 Å². The number of carbonyl (C=O) groups is 1. The normalized spacial score (nSPS) is 12.2. The number of benzene rings is 1. The third kappa shape index (κ3) is 4.99. The van der Waals surface area contributed by atoms with Gasteiger partial charge in [-0.3, -0.25) is 4.79 Å². The van der Waals surface area contributed by atoms with E-state index in [0.29, 0.717) is 16.5 Å². The average Bonchev–Trinajstić information content (AvgIpc) is 2.34. The number of nitrogens with one attached hydrogen (secondary N) is 1. The predicted molar refractivity (Wildman–Crippen MR) is 80.7 cm³/mol. The zero-order chi connectivity index (χ0) is 13.5. The minimum absolute atomic E-state index is 0.0179. The highest BCUT2D eigenvalue weighted by atomic mass is 79.9. The number of aryl methyl sites for hydroxylation is 1. The fourth-order valence-electron chi connectivity index (χ4n) is 1.71. The molecule has 0 aromatic heterocycles. The van der Waals surface area contributed by atoms with Crippen molar-refractivity contribution in [3.63, 3.8) is 0 Å². The summed E-state index contributed by atoms with van der Waals surface area (Å²) in [7, 11) is 0. The fourth-order valence-corrected chi connectivity index (χ4v) is 2.26. The molecule has 0 bridgehead atoms.